The molecule has 0 amide bonds. The Morgan fingerprint density at radius 2 is 1.50 bits per heavy atom. The molecule has 5 nitrogen and oxygen atoms in total. The number of benzene rings is 1. The van der Waals surface area contributed by atoms with Gasteiger partial charge < -0.3 is 14.4 Å². The van der Waals surface area contributed by atoms with Crippen LogP contribution in [0.1, 0.15) is 5.56 Å². The number of aromatic nitrogens is 2. The van der Waals surface area contributed by atoms with E-state index < -0.39 is 0 Å². The van der Waals surface area contributed by atoms with E-state index in [1.807, 2.05) is 26.2 Å². The van der Waals surface area contributed by atoms with Crippen molar-refractivity contribution < 1.29 is 9.47 Å². The zero-order chi connectivity index (χ0) is 14.5. The van der Waals surface area contributed by atoms with E-state index in [1.165, 1.54) is 5.56 Å². The van der Waals surface area contributed by atoms with Gasteiger partial charge in [0.25, 0.3) is 0 Å². The summed E-state index contributed by atoms with van der Waals surface area (Å²) < 4.78 is 10.3. The molecule has 2 rings (SSSR count). The Morgan fingerprint density at radius 1 is 0.950 bits per heavy atom. The molecular formula is C15H19N3O2. The molecule has 0 spiro atoms. The van der Waals surface area contributed by atoms with E-state index in [0.29, 0.717) is 17.6 Å². The van der Waals surface area contributed by atoms with Crippen LogP contribution >= 0.6 is 0 Å². The standard InChI is InChI=1S/C15H19N3O2/c1-18(2)10-11-5-7-12(8-6-11)15-16-13(19-3)9-14(17-15)20-4/h5-9H,10H2,1-4H3. The molecule has 0 atom stereocenters. The molecule has 0 aliphatic heterocycles. The first-order chi connectivity index (χ1) is 9.62. The van der Waals surface area contributed by atoms with Crippen LogP contribution in [0.3, 0.4) is 0 Å². The SMILES string of the molecule is COc1cc(OC)nc(-c2ccc(CN(C)C)cc2)n1. The molecule has 0 N–H and O–H groups in total. The summed E-state index contributed by atoms with van der Waals surface area (Å²) in [6.45, 7) is 0.905. The van der Waals surface area contributed by atoms with Crippen molar-refractivity contribution >= 4 is 0 Å². The van der Waals surface area contributed by atoms with Crippen LogP contribution in [-0.4, -0.2) is 43.2 Å². The predicted octanol–water partition coefficient (Wildman–Crippen LogP) is 2.22. The first-order valence-corrected chi connectivity index (χ1v) is 6.33. The maximum Gasteiger partial charge on any atom is 0.220 e. The van der Waals surface area contributed by atoms with Crippen molar-refractivity contribution in [1.29, 1.82) is 0 Å². The van der Waals surface area contributed by atoms with Crippen LogP contribution in [0.25, 0.3) is 11.4 Å². The zero-order valence-electron chi connectivity index (χ0n) is 12.3. The van der Waals surface area contributed by atoms with Gasteiger partial charge in [-0.25, -0.2) is 0 Å². The van der Waals surface area contributed by atoms with Gasteiger partial charge in [-0.15, -0.1) is 0 Å². The highest BCUT2D eigenvalue weighted by Crippen LogP contribution is 2.22. The highest BCUT2D eigenvalue weighted by Gasteiger charge is 2.07. The van der Waals surface area contributed by atoms with Crippen LogP contribution < -0.4 is 9.47 Å². The van der Waals surface area contributed by atoms with Crippen LogP contribution in [0.2, 0.25) is 0 Å². The molecule has 0 fully saturated rings. The van der Waals surface area contributed by atoms with Crippen LogP contribution in [0.4, 0.5) is 0 Å². The van der Waals surface area contributed by atoms with Gasteiger partial charge in [0, 0.05) is 12.1 Å². The lowest BCUT2D eigenvalue weighted by Gasteiger charge is -2.10. The van der Waals surface area contributed by atoms with E-state index in [1.54, 1.807) is 20.3 Å². The van der Waals surface area contributed by atoms with Crippen LogP contribution in [0.15, 0.2) is 30.3 Å². The van der Waals surface area contributed by atoms with E-state index in [0.717, 1.165) is 12.1 Å². The summed E-state index contributed by atoms with van der Waals surface area (Å²) in [5.41, 5.74) is 2.18. The molecule has 0 aliphatic carbocycles. The highest BCUT2D eigenvalue weighted by atomic mass is 16.5. The van der Waals surface area contributed by atoms with Gasteiger partial charge in [-0.2, -0.15) is 9.97 Å². The third kappa shape index (κ3) is 3.45. The van der Waals surface area contributed by atoms with E-state index in [4.69, 9.17) is 9.47 Å². The second kappa shape index (κ2) is 6.34. The molecule has 1 aromatic heterocycles. The number of rotatable bonds is 5. The Bertz CT molecular complexity index is 546. The van der Waals surface area contributed by atoms with Gasteiger partial charge in [0.05, 0.1) is 20.3 Å². The van der Waals surface area contributed by atoms with Crippen LogP contribution in [0, 0.1) is 0 Å². The fourth-order valence-electron chi connectivity index (χ4n) is 1.87. The largest absolute Gasteiger partial charge is 0.481 e. The number of hydrogen-bond acceptors (Lipinski definition) is 5. The smallest absolute Gasteiger partial charge is 0.220 e. The number of methoxy groups -OCH3 is 2. The third-order valence-corrected chi connectivity index (χ3v) is 2.81. The predicted molar refractivity (Wildman–Crippen MR) is 78.0 cm³/mol. The lowest BCUT2D eigenvalue weighted by Crippen LogP contribution is -2.10. The molecule has 0 bridgehead atoms. The number of nitrogens with zero attached hydrogens (tertiary/aromatic N) is 3. The number of hydrogen-bond donors (Lipinski definition) is 0. The molecule has 106 valence electrons. The van der Waals surface area contributed by atoms with Gasteiger partial charge in [0.2, 0.25) is 11.8 Å². The summed E-state index contributed by atoms with van der Waals surface area (Å²) >= 11 is 0. The van der Waals surface area contributed by atoms with Crippen LogP contribution in [-0.2, 0) is 6.54 Å². The molecule has 1 heterocycles. The summed E-state index contributed by atoms with van der Waals surface area (Å²) in [5.74, 6) is 1.58. The monoisotopic (exact) mass is 273 g/mol. The molecular weight excluding hydrogens is 254 g/mol. The van der Waals surface area contributed by atoms with Crippen molar-refractivity contribution in [3.05, 3.63) is 35.9 Å². The van der Waals surface area contributed by atoms with Gasteiger partial charge >= 0.3 is 0 Å². The molecule has 0 unspecified atom stereocenters. The van der Waals surface area contributed by atoms with Crippen LogP contribution in [0.5, 0.6) is 11.8 Å². The Morgan fingerprint density at radius 3 is 1.95 bits per heavy atom. The van der Waals surface area contributed by atoms with Crippen molar-refractivity contribution in [2.75, 3.05) is 28.3 Å². The summed E-state index contributed by atoms with van der Waals surface area (Å²) in [5, 5.41) is 0. The van der Waals surface area contributed by atoms with Gasteiger partial charge in [-0.05, 0) is 19.7 Å². The molecule has 2 aromatic rings. The van der Waals surface area contributed by atoms with E-state index >= 15 is 0 Å². The quantitative estimate of drug-likeness (QED) is 0.836. The summed E-state index contributed by atoms with van der Waals surface area (Å²) in [6.07, 6.45) is 0. The lowest BCUT2D eigenvalue weighted by atomic mass is 10.1. The average Bonchev–Trinajstić information content (AvgIpc) is 2.46. The lowest BCUT2D eigenvalue weighted by molar-refractivity contribution is 0.372. The highest BCUT2D eigenvalue weighted by molar-refractivity contribution is 5.56. The van der Waals surface area contributed by atoms with Crippen molar-refractivity contribution in [2.24, 2.45) is 0 Å². The maximum absolute atomic E-state index is 5.16. The van der Waals surface area contributed by atoms with E-state index in [9.17, 15) is 0 Å². The van der Waals surface area contributed by atoms with Crippen molar-refractivity contribution in [3.8, 4) is 23.1 Å². The molecule has 0 saturated heterocycles. The second-order valence-corrected chi connectivity index (χ2v) is 4.71. The van der Waals surface area contributed by atoms with Gasteiger partial charge in [-0.1, -0.05) is 24.3 Å². The molecule has 5 heteroatoms. The minimum atomic E-state index is 0.490. The summed E-state index contributed by atoms with van der Waals surface area (Å²) in [7, 11) is 7.24. The first kappa shape index (κ1) is 14.3. The van der Waals surface area contributed by atoms with E-state index in [-0.39, 0.29) is 0 Å². The minimum absolute atomic E-state index is 0.490. The molecule has 1 aromatic carbocycles. The third-order valence-electron chi connectivity index (χ3n) is 2.81. The Balaban J connectivity index is 2.31. The Kier molecular flexibility index (Phi) is 4.53. The maximum atomic E-state index is 5.16. The zero-order valence-corrected chi connectivity index (χ0v) is 12.3. The number of ether oxygens (including phenoxy) is 2. The Labute approximate surface area is 119 Å². The van der Waals surface area contributed by atoms with Crippen molar-refractivity contribution in [3.63, 3.8) is 0 Å². The normalized spacial score (nSPS) is 10.7. The topological polar surface area (TPSA) is 47.5 Å². The fraction of sp³-hybridized carbons (Fsp3) is 0.333. The van der Waals surface area contributed by atoms with Crippen molar-refractivity contribution in [1.82, 2.24) is 14.9 Å². The molecule has 0 saturated carbocycles. The minimum Gasteiger partial charge on any atom is -0.481 e. The van der Waals surface area contributed by atoms with E-state index in [2.05, 4.69) is 27.0 Å². The fourth-order valence-corrected chi connectivity index (χ4v) is 1.87. The molecule has 20 heavy (non-hydrogen) atoms. The average molecular weight is 273 g/mol. The Hall–Kier alpha value is -2.14. The summed E-state index contributed by atoms with van der Waals surface area (Å²) in [6, 6.07) is 9.82. The van der Waals surface area contributed by atoms with Crippen molar-refractivity contribution in [2.45, 2.75) is 6.54 Å². The molecule has 0 aliphatic rings. The van der Waals surface area contributed by atoms with Gasteiger partial charge in [0.15, 0.2) is 5.82 Å². The van der Waals surface area contributed by atoms with Gasteiger partial charge in [0.1, 0.15) is 0 Å². The van der Waals surface area contributed by atoms with Gasteiger partial charge in [-0.3, -0.25) is 0 Å². The molecule has 0 radical (unpaired) electrons. The summed E-state index contributed by atoms with van der Waals surface area (Å²) in [4.78, 5) is 10.8. The first-order valence-electron chi connectivity index (χ1n) is 6.33. The second-order valence-electron chi connectivity index (χ2n) is 4.71.